The number of hydrogen-bond acceptors (Lipinski definition) is 6. The predicted molar refractivity (Wildman–Crippen MR) is 94.3 cm³/mol. The van der Waals surface area contributed by atoms with E-state index in [1.165, 1.54) is 13.2 Å². The third-order valence-electron chi connectivity index (χ3n) is 3.34. The second kappa shape index (κ2) is 6.86. The van der Waals surface area contributed by atoms with Crippen molar-refractivity contribution in [3.63, 3.8) is 0 Å². The lowest BCUT2D eigenvalue weighted by molar-refractivity contribution is 0.0692. The van der Waals surface area contributed by atoms with Gasteiger partial charge in [0.25, 0.3) is 0 Å². The van der Waals surface area contributed by atoms with Gasteiger partial charge in [-0.2, -0.15) is 10.2 Å². The van der Waals surface area contributed by atoms with Crippen LogP contribution in [-0.2, 0) is 0 Å². The first-order valence-corrected chi connectivity index (χ1v) is 7.84. The highest BCUT2D eigenvalue weighted by Gasteiger charge is 2.15. The van der Waals surface area contributed by atoms with Gasteiger partial charge >= 0.3 is 11.6 Å². The zero-order valence-electron chi connectivity index (χ0n) is 12.9. The quantitative estimate of drug-likeness (QED) is 0.504. The summed E-state index contributed by atoms with van der Waals surface area (Å²) in [6, 6.07) is 11.6. The minimum Gasteiger partial charge on any atom is -0.493 e. The molecule has 0 spiro atoms. The van der Waals surface area contributed by atoms with Crippen molar-refractivity contribution in [2.75, 3.05) is 7.11 Å². The summed E-state index contributed by atoms with van der Waals surface area (Å²) in [5.74, 6) is -1.10. The van der Waals surface area contributed by atoms with Crippen molar-refractivity contribution in [1.29, 1.82) is 0 Å². The molecule has 3 aromatic rings. The summed E-state index contributed by atoms with van der Waals surface area (Å²) in [5, 5.41) is 17.7. The summed E-state index contributed by atoms with van der Waals surface area (Å²) in [4.78, 5) is 22.8. The van der Waals surface area contributed by atoms with Crippen LogP contribution >= 0.6 is 15.9 Å². The Balaban J connectivity index is 2.09. The highest BCUT2D eigenvalue weighted by atomic mass is 79.9. The number of carboxylic acids is 1. The van der Waals surface area contributed by atoms with Crippen molar-refractivity contribution in [3.8, 4) is 5.75 Å². The van der Waals surface area contributed by atoms with Gasteiger partial charge in [0.1, 0.15) is 5.56 Å². The Hall–Kier alpha value is -3.00. The van der Waals surface area contributed by atoms with Crippen molar-refractivity contribution in [3.05, 3.63) is 62.9 Å². The molecule has 0 aliphatic rings. The van der Waals surface area contributed by atoms with E-state index in [4.69, 9.17) is 14.3 Å². The van der Waals surface area contributed by atoms with Crippen LogP contribution in [0.25, 0.3) is 11.0 Å². The molecule has 126 valence electrons. The van der Waals surface area contributed by atoms with E-state index < -0.39 is 17.2 Å². The molecule has 0 fully saturated rings. The first kappa shape index (κ1) is 16.8. The van der Waals surface area contributed by atoms with Crippen molar-refractivity contribution >= 4 is 44.2 Å². The van der Waals surface area contributed by atoms with E-state index in [2.05, 4.69) is 26.2 Å². The van der Waals surface area contributed by atoms with Gasteiger partial charge in [-0.05, 0) is 36.4 Å². The van der Waals surface area contributed by atoms with E-state index in [1.807, 2.05) is 12.1 Å². The number of rotatable bonds is 4. The molecule has 0 saturated heterocycles. The number of azo groups is 1. The molecule has 1 aromatic heterocycles. The maximum Gasteiger partial charge on any atom is 0.351 e. The van der Waals surface area contributed by atoms with Crippen LogP contribution in [0.5, 0.6) is 5.75 Å². The van der Waals surface area contributed by atoms with E-state index in [-0.39, 0.29) is 11.3 Å². The van der Waals surface area contributed by atoms with Crippen LogP contribution in [0, 0.1) is 0 Å². The number of ether oxygens (including phenoxy) is 1. The van der Waals surface area contributed by atoms with Crippen molar-refractivity contribution < 1.29 is 19.1 Å². The lowest BCUT2D eigenvalue weighted by atomic mass is 10.1. The molecular formula is C17H11BrN2O5. The SMILES string of the molecule is COc1cc(N=Nc2ccc(Br)cc2)cc2cc(C(=O)O)c(=O)oc12. The molecule has 0 atom stereocenters. The van der Waals surface area contributed by atoms with Crippen LogP contribution in [0.3, 0.4) is 0 Å². The number of carbonyl (C=O) groups is 1. The molecule has 0 radical (unpaired) electrons. The van der Waals surface area contributed by atoms with Gasteiger partial charge in [-0.1, -0.05) is 15.9 Å². The van der Waals surface area contributed by atoms with Crippen LogP contribution in [0.4, 0.5) is 11.4 Å². The number of nitrogens with zero attached hydrogens (tertiary/aromatic N) is 2. The van der Waals surface area contributed by atoms with Gasteiger partial charge in [0.15, 0.2) is 11.3 Å². The van der Waals surface area contributed by atoms with Crippen molar-refractivity contribution in [1.82, 2.24) is 0 Å². The van der Waals surface area contributed by atoms with Gasteiger partial charge in [-0.25, -0.2) is 9.59 Å². The van der Waals surface area contributed by atoms with Crippen LogP contribution in [-0.4, -0.2) is 18.2 Å². The minimum atomic E-state index is -1.36. The van der Waals surface area contributed by atoms with E-state index in [0.29, 0.717) is 16.8 Å². The molecule has 0 aliphatic heterocycles. The fourth-order valence-corrected chi connectivity index (χ4v) is 2.43. The molecule has 7 nitrogen and oxygen atoms in total. The lowest BCUT2D eigenvalue weighted by Crippen LogP contribution is -2.13. The Bertz CT molecular complexity index is 1040. The Kier molecular flexibility index (Phi) is 4.62. The molecule has 1 heterocycles. The third kappa shape index (κ3) is 3.58. The Morgan fingerprint density at radius 3 is 2.44 bits per heavy atom. The highest BCUT2D eigenvalue weighted by molar-refractivity contribution is 9.10. The molecule has 8 heteroatoms. The maximum absolute atomic E-state index is 11.7. The molecular weight excluding hydrogens is 392 g/mol. The lowest BCUT2D eigenvalue weighted by Gasteiger charge is -2.06. The molecule has 0 saturated carbocycles. The monoisotopic (exact) mass is 402 g/mol. The smallest absolute Gasteiger partial charge is 0.351 e. The van der Waals surface area contributed by atoms with E-state index in [1.54, 1.807) is 24.3 Å². The minimum absolute atomic E-state index is 0.153. The van der Waals surface area contributed by atoms with Crippen LogP contribution in [0.15, 0.2) is 66.4 Å². The Labute approximate surface area is 149 Å². The zero-order chi connectivity index (χ0) is 18.0. The van der Waals surface area contributed by atoms with E-state index in [0.717, 1.165) is 4.47 Å². The molecule has 0 aliphatic carbocycles. The first-order valence-electron chi connectivity index (χ1n) is 7.04. The molecule has 3 rings (SSSR count). The second-order valence-corrected chi connectivity index (χ2v) is 5.91. The summed E-state index contributed by atoms with van der Waals surface area (Å²) in [7, 11) is 1.41. The van der Waals surface area contributed by atoms with Crippen LogP contribution in [0.1, 0.15) is 10.4 Å². The summed E-state index contributed by atoms with van der Waals surface area (Å²) >= 11 is 3.34. The predicted octanol–water partition coefficient (Wildman–Crippen LogP) is 4.68. The maximum atomic E-state index is 11.7. The highest BCUT2D eigenvalue weighted by Crippen LogP contribution is 2.32. The summed E-state index contributed by atoms with van der Waals surface area (Å²) in [6.45, 7) is 0. The van der Waals surface area contributed by atoms with Gasteiger partial charge in [0.05, 0.1) is 18.5 Å². The van der Waals surface area contributed by atoms with Crippen LogP contribution in [0.2, 0.25) is 0 Å². The summed E-state index contributed by atoms with van der Waals surface area (Å²) < 4.78 is 11.2. The Morgan fingerprint density at radius 2 is 1.80 bits per heavy atom. The number of carboxylic acid groups (broad SMARTS) is 1. The normalized spacial score (nSPS) is 11.1. The van der Waals surface area contributed by atoms with Gasteiger partial charge in [0.2, 0.25) is 0 Å². The largest absolute Gasteiger partial charge is 0.493 e. The number of fused-ring (bicyclic) bond motifs is 1. The number of aromatic carboxylic acids is 1. The second-order valence-electron chi connectivity index (χ2n) is 5.00. The van der Waals surface area contributed by atoms with E-state index >= 15 is 0 Å². The van der Waals surface area contributed by atoms with E-state index in [9.17, 15) is 9.59 Å². The molecule has 0 amide bonds. The summed E-state index contributed by atoms with van der Waals surface area (Å²) in [6.07, 6.45) is 0. The molecule has 2 aromatic carbocycles. The van der Waals surface area contributed by atoms with Crippen molar-refractivity contribution in [2.45, 2.75) is 0 Å². The fraction of sp³-hybridized carbons (Fsp3) is 0.0588. The number of benzene rings is 2. The molecule has 25 heavy (non-hydrogen) atoms. The average molecular weight is 403 g/mol. The van der Waals surface area contributed by atoms with Crippen LogP contribution < -0.4 is 10.4 Å². The number of hydrogen-bond donors (Lipinski definition) is 1. The van der Waals surface area contributed by atoms with Gasteiger partial charge in [-0.3, -0.25) is 0 Å². The van der Waals surface area contributed by atoms with Gasteiger partial charge < -0.3 is 14.3 Å². The summed E-state index contributed by atoms with van der Waals surface area (Å²) in [5.41, 5.74) is -0.176. The molecule has 0 unspecified atom stereocenters. The molecule has 0 bridgehead atoms. The van der Waals surface area contributed by atoms with Gasteiger partial charge in [0, 0.05) is 15.9 Å². The van der Waals surface area contributed by atoms with Crippen molar-refractivity contribution in [2.24, 2.45) is 10.2 Å². The topological polar surface area (TPSA) is 101 Å². The van der Waals surface area contributed by atoms with Gasteiger partial charge in [-0.15, -0.1) is 0 Å². The first-order chi connectivity index (χ1) is 12.0. The zero-order valence-corrected chi connectivity index (χ0v) is 14.5. The number of methoxy groups -OCH3 is 1. The fourth-order valence-electron chi connectivity index (χ4n) is 2.17. The average Bonchev–Trinajstić information content (AvgIpc) is 2.60. The number of halogens is 1. The Morgan fingerprint density at radius 1 is 1.12 bits per heavy atom. The standard InChI is InChI=1S/C17H11BrN2O5/c1-24-14-8-12(20-19-11-4-2-10(18)3-5-11)6-9-7-13(16(21)22)17(23)25-15(9)14/h2-8H,1H3,(H,21,22). The molecule has 1 N–H and O–H groups in total. The third-order valence-corrected chi connectivity index (χ3v) is 3.87.